The zero-order valence-electron chi connectivity index (χ0n) is 8.87. The number of rotatable bonds is 3. The molecule has 88 valence electrons. The first-order valence-electron chi connectivity index (χ1n) is 5.38. The SMILES string of the molecule is O=C(NCc1cc(Br)cs1)C1CCCCS1. The van der Waals surface area contributed by atoms with Gasteiger partial charge in [0.25, 0.3) is 0 Å². The maximum absolute atomic E-state index is 11.8. The van der Waals surface area contributed by atoms with Crippen LogP contribution >= 0.6 is 39.0 Å². The van der Waals surface area contributed by atoms with Gasteiger partial charge in [0.2, 0.25) is 5.91 Å². The van der Waals surface area contributed by atoms with E-state index in [1.54, 1.807) is 23.1 Å². The topological polar surface area (TPSA) is 29.1 Å². The van der Waals surface area contributed by atoms with Gasteiger partial charge in [-0.15, -0.1) is 23.1 Å². The lowest BCUT2D eigenvalue weighted by atomic mass is 10.2. The first kappa shape index (κ1) is 12.5. The van der Waals surface area contributed by atoms with Gasteiger partial charge < -0.3 is 5.32 Å². The molecule has 0 aliphatic carbocycles. The van der Waals surface area contributed by atoms with Crippen LogP contribution in [0.4, 0.5) is 0 Å². The van der Waals surface area contributed by atoms with Gasteiger partial charge in [0.15, 0.2) is 0 Å². The monoisotopic (exact) mass is 319 g/mol. The lowest BCUT2D eigenvalue weighted by Gasteiger charge is -2.20. The number of nitrogens with one attached hydrogen (secondary N) is 1. The molecule has 0 aromatic carbocycles. The molecule has 0 radical (unpaired) electrons. The van der Waals surface area contributed by atoms with Gasteiger partial charge in [-0.1, -0.05) is 6.42 Å². The maximum Gasteiger partial charge on any atom is 0.233 e. The minimum atomic E-state index is 0.178. The zero-order chi connectivity index (χ0) is 11.4. The van der Waals surface area contributed by atoms with Crippen molar-refractivity contribution >= 4 is 44.9 Å². The van der Waals surface area contributed by atoms with Gasteiger partial charge in [0.1, 0.15) is 0 Å². The molecule has 1 N–H and O–H groups in total. The van der Waals surface area contributed by atoms with Crippen LogP contribution in [0, 0.1) is 0 Å². The van der Waals surface area contributed by atoms with Gasteiger partial charge in [0, 0.05) is 14.7 Å². The Bertz CT molecular complexity index is 361. The van der Waals surface area contributed by atoms with Gasteiger partial charge in [0.05, 0.1) is 11.8 Å². The third kappa shape index (κ3) is 3.50. The van der Waals surface area contributed by atoms with E-state index in [0.29, 0.717) is 6.54 Å². The fourth-order valence-corrected chi connectivity index (χ4v) is 4.30. The molecule has 1 saturated heterocycles. The van der Waals surface area contributed by atoms with E-state index in [4.69, 9.17) is 0 Å². The molecule has 1 atom stereocenters. The van der Waals surface area contributed by atoms with Crippen molar-refractivity contribution in [2.45, 2.75) is 31.1 Å². The van der Waals surface area contributed by atoms with Gasteiger partial charge in [-0.25, -0.2) is 0 Å². The highest BCUT2D eigenvalue weighted by Gasteiger charge is 2.21. The summed E-state index contributed by atoms with van der Waals surface area (Å²) in [4.78, 5) is 13.0. The maximum atomic E-state index is 11.8. The lowest BCUT2D eigenvalue weighted by molar-refractivity contribution is -0.120. The predicted octanol–water partition coefficient (Wildman–Crippen LogP) is 3.41. The molecule has 1 unspecified atom stereocenters. The predicted molar refractivity (Wildman–Crippen MR) is 74.0 cm³/mol. The Morgan fingerprint density at radius 2 is 2.44 bits per heavy atom. The molecule has 2 rings (SSSR count). The Labute approximate surface area is 112 Å². The summed E-state index contributed by atoms with van der Waals surface area (Å²) in [6, 6.07) is 2.05. The number of halogens is 1. The van der Waals surface area contributed by atoms with E-state index in [1.807, 2.05) is 5.38 Å². The number of hydrogen-bond donors (Lipinski definition) is 1. The summed E-state index contributed by atoms with van der Waals surface area (Å²) < 4.78 is 1.09. The Kier molecular flexibility index (Phi) is 4.73. The summed E-state index contributed by atoms with van der Waals surface area (Å²) in [7, 11) is 0. The summed E-state index contributed by atoms with van der Waals surface area (Å²) in [5, 5.41) is 5.23. The second-order valence-corrected chi connectivity index (χ2v) is 7.03. The molecule has 2 heterocycles. The van der Waals surface area contributed by atoms with Gasteiger partial charge in [-0.3, -0.25) is 4.79 Å². The van der Waals surface area contributed by atoms with Crippen molar-refractivity contribution in [1.29, 1.82) is 0 Å². The summed E-state index contributed by atoms with van der Waals surface area (Å²) >= 11 is 6.87. The highest BCUT2D eigenvalue weighted by molar-refractivity contribution is 9.10. The van der Waals surface area contributed by atoms with Crippen molar-refractivity contribution in [1.82, 2.24) is 5.32 Å². The molecule has 1 aromatic rings. The molecule has 1 fully saturated rings. The van der Waals surface area contributed by atoms with Crippen LogP contribution < -0.4 is 5.32 Å². The molecular formula is C11H14BrNOS2. The Balaban J connectivity index is 1.78. The fourth-order valence-electron chi connectivity index (χ4n) is 1.68. The van der Waals surface area contributed by atoms with E-state index in [1.165, 1.54) is 17.7 Å². The van der Waals surface area contributed by atoms with Crippen LogP contribution in [0.2, 0.25) is 0 Å². The van der Waals surface area contributed by atoms with Crippen LogP contribution in [-0.2, 0) is 11.3 Å². The van der Waals surface area contributed by atoms with Crippen molar-refractivity contribution in [2.75, 3.05) is 5.75 Å². The van der Waals surface area contributed by atoms with Crippen molar-refractivity contribution in [2.24, 2.45) is 0 Å². The zero-order valence-corrected chi connectivity index (χ0v) is 12.1. The summed E-state index contributed by atoms with van der Waals surface area (Å²) in [5.41, 5.74) is 0. The molecule has 0 bridgehead atoms. The molecule has 1 aliphatic rings. The van der Waals surface area contributed by atoms with Crippen molar-refractivity contribution in [3.05, 3.63) is 20.8 Å². The van der Waals surface area contributed by atoms with Gasteiger partial charge in [-0.2, -0.15) is 0 Å². The standard InChI is InChI=1S/C11H14BrNOS2/c12-8-5-9(16-7-8)6-13-11(14)10-3-1-2-4-15-10/h5,7,10H,1-4,6H2,(H,13,14). The Morgan fingerprint density at radius 1 is 1.56 bits per heavy atom. The molecule has 1 aromatic heterocycles. The number of thioether (sulfide) groups is 1. The van der Waals surface area contributed by atoms with E-state index in [-0.39, 0.29) is 11.2 Å². The second-order valence-electron chi connectivity index (χ2n) is 3.80. The minimum Gasteiger partial charge on any atom is -0.350 e. The molecule has 1 amide bonds. The van der Waals surface area contributed by atoms with Crippen molar-refractivity contribution in [3.8, 4) is 0 Å². The average molecular weight is 320 g/mol. The smallest absolute Gasteiger partial charge is 0.233 e. The van der Waals surface area contributed by atoms with E-state index in [0.717, 1.165) is 16.6 Å². The van der Waals surface area contributed by atoms with E-state index >= 15 is 0 Å². The number of carbonyl (C=O) groups excluding carboxylic acids is 1. The van der Waals surface area contributed by atoms with Gasteiger partial charge in [-0.05, 0) is 40.6 Å². The normalized spacial score (nSPS) is 20.7. The molecule has 5 heteroatoms. The number of carbonyl (C=O) groups is 1. The van der Waals surface area contributed by atoms with Crippen LogP contribution in [0.15, 0.2) is 15.9 Å². The van der Waals surface area contributed by atoms with Gasteiger partial charge >= 0.3 is 0 Å². The molecule has 0 spiro atoms. The molecule has 1 aliphatic heterocycles. The summed E-state index contributed by atoms with van der Waals surface area (Å²) in [5.74, 6) is 1.33. The Hall–Kier alpha value is -0.000000000000000111. The fraction of sp³-hybridized carbons (Fsp3) is 0.545. The average Bonchev–Trinajstić information content (AvgIpc) is 2.73. The highest BCUT2D eigenvalue weighted by atomic mass is 79.9. The first-order chi connectivity index (χ1) is 7.75. The van der Waals surface area contributed by atoms with E-state index in [2.05, 4.69) is 27.3 Å². The molecule has 0 saturated carbocycles. The molecular weight excluding hydrogens is 306 g/mol. The van der Waals surface area contributed by atoms with Crippen LogP contribution in [-0.4, -0.2) is 16.9 Å². The van der Waals surface area contributed by atoms with Crippen LogP contribution in [0.5, 0.6) is 0 Å². The third-order valence-electron chi connectivity index (χ3n) is 2.53. The van der Waals surface area contributed by atoms with E-state index < -0.39 is 0 Å². The highest BCUT2D eigenvalue weighted by Crippen LogP contribution is 2.25. The summed E-state index contributed by atoms with van der Waals surface area (Å²) in [6.45, 7) is 0.659. The summed E-state index contributed by atoms with van der Waals surface area (Å²) in [6.07, 6.45) is 3.48. The van der Waals surface area contributed by atoms with Crippen LogP contribution in [0.1, 0.15) is 24.1 Å². The molecule has 16 heavy (non-hydrogen) atoms. The second kappa shape index (κ2) is 6.07. The number of hydrogen-bond acceptors (Lipinski definition) is 3. The largest absolute Gasteiger partial charge is 0.350 e. The number of thiophene rings is 1. The quantitative estimate of drug-likeness (QED) is 0.925. The Morgan fingerprint density at radius 3 is 3.06 bits per heavy atom. The van der Waals surface area contributed by atoms with E-state index in [9.17, 15) is 4.79 Å². The lowest BCUT2D eigenvalue weighted by Crippen LogP contribution is -2.33. The van der Waals surface area contributed by atoms with Crippen molar-refractivity contribution in [3.63, 3.8) is 0 Å². The number of amides is 1. The van der Waals surface area contributed by atoms with Crippen LogP contribution in [0.3, 0.4) is 0 Å². The minimum absolute atomic E-state index is 0.178. The first-order valence-corrected chi connectivity index (χ1v) is 8.10. The van der Waals surface area contributed by atoms with Crippen molar-refractivity contribution < 1.29 is 4.79 Å². The third-order valence-corrected chi connectivity index (χ3v) is 5.60. The van der Waals surface area contributed by atoms with Crippen LogP contribution in [0.25, 0.3) is 0 Å². The molecule has 2 nitrogen and oxygen atoms in total.